The molecule has 0 amide bonds. The predicted octanol–water partition coefficient (Wildman–Crippen LogP) is 5.30. The lowest BCUT2D eigenvalue weighted by Crippen LogP contribution is -2.35. The van der Waals surface area contributed by atoms with Gasteiger partial charge in [0.05, 0.1) is 5.52 Å². The van der Waals surface area contributed by atoms with E-state index in [4.69, 9.17) is 0 Å². The van der Waals surface area contributed by atoms with Crippen molar-refractivity contribution in [2.75, 3.05) is 0 Å². The molecule has 1 saturated heterocycles. The number of aromatic nitrogens is 1. The Morgan fingerprint density at radius 2 is 1.76 bits per heavy atom. The summed E-state index contributed by atoms with van der Waals surface area (Å²) < 4.78 is 0. The molecule has 0 N–H and O–H groups in total. The molecule has 1 aliphatic heterocycles. The molecule has 0 radical (unpaired) electrons. The van der Waals surface area contributed by atoms with Gasteiger partial charge in [-0.3, -0.25) is 9.88 Å². The van der Waals surface area contributed by atoms with Crippen LogP contribution in [0.1, 0.15) is 36.6 Å². The van der Waals surface area contributed by atoms with E-state index < -0.39 is 0 Å². The Balaban J connectivity index is 1.62. The standard InChI is InChI=1S/C23H22N2/c1-16(17-7-3-2-4-8-17)25-19-12-11-18(15-19)23(25)21-13-14-24-22-10-6-5-9-20(21)22/h2-14,16,18-19,23H,15H2,1H3/t16-,18+,19-,23+/m0/s1. The topological polar surface area (TPSA) is 16.1 Å². The van der Waals surface area contributed by atoms with Crippen LogP contribution in [0.4, 0.5) is 0 Å². The minimum atomic E-state index is 0.401. The molecule has 2 bridgehead atoms. The SMILES string of the molecule is C[C@@H](c1ccccc1)N1[C@H]2C=C[C@H](C2)[C@@H]1c1ccnc2ccccc12. The van der Waals surface area contributed by atoms with Crippen LogP contribution in [0, 0.1) is 5.92 Å². The van der Waals surface area contributed by atoms with Crippen LogP contribution < -0.4 is 0 Å². The van der Waals surface area contributed by atoms with Gasteiger partial charge in [-0.05, 0) is 42.5 Å². The molecule has 124 valence electrons. The molecule has 2 aliphatic rings. The van der Waals surface area contributed by atoms with Gasteiger partial charge in [0.1, 0.15) is 0 Å². The maximum atomic E-state index is 4.57. The second-order valence-electron chi connectivity index (χ2n) is 7.25. The van der Waals surface area contributed by atoms with Gasteiger partial charge in [0.2, 0.25) is 0 Å². The molecular formula is C23H22N2. The Labute approximate surface area is 148 Å². The summed E-state index contributed by atoms with van der Waals surface area (Å²) >= 11 is 0. The number of hydrogen-bond acceptors (Lipinski definition) is 2. The smallest absolute Gasteiger partial charge is 0.0705 e. The second-order valence-corrected chi connectivity index (χ2v) is 7.25. The molecule has 1 aliphatic carbocycles. The van der Waals surface area contributed by atoms with Gasteiger partial charge >= 0.3 is 0 Å². The van der Waals surface area contributed by atoms with Gasteiger partial charge in [0.25, 0.3) is 0 Å². The van der Waals surface area contributed by atoms with E-state index in [2.05, 4.69) is 89.6 Å². The van der Waals surface area contributed by atoms with Crippen molar-refractivity contribution in [3.05, 3.63) is 90.1 Å². The monoisotopic (exact) mass is 326 g/mol. The van der Waals surface area contributed by atoms with Crippen LogP contribution in [0.5, 0.6) is 0 Å². The predicted molar refractivity (Wildman–Crippen MR) is 102 cm³/mol. The van der Waals surface area contributed by atoms with Gasteiger partial charge in [-0.2, -0.15) is 0 Å². The Hall–Kier alpha value is -2.45. The summed E-state index contributed by atoms with van der Waals surface area (Å²) in [6, 6.07) is 23.0. The van der Waals surface area contributed by atoms with E-state index in [0.717, 1.165) is 5.52 Å². The molecule has 1 fully saturated rings. The minimum absolute atomic E-state index is 0.401. The number of fused-ring (bicyclic) bond motifs is 3. The lowest BCUT2D eigenvalue weighted by Gasteiger charge is -2.38. The summed E-state index contributed by atoms with van der Waals surface area (Å²) in [6.07, 6.45) is 8.04. The van der Waals surface area contributed by atoms with E-state index in [1.54, 1.807) is 0 Å². The van der Waals surface area contributed by atoms with E-state index in [1.165, 1.54) is 22.9 Å². The zero-order chi connectivity index (χ0) is 16.8. The van der Waals surface area contributed by atoms with Crippen molar-refractivity contribution >= 4 is 10.9 Å². The Morgan fingerprint density at radius 1 is 0.960 bits per heavy atom. The van der Waals surface area contributed by atoms with Crippen LogP contribution in [0.15, 0.2) is 79.0 Å². The zero-order valence-electron chi connectivity index (χ0n) is 14.4. The van der Waals surface area contributed by atoms with Crippen molar-refractivity contribution in [3.63, 3.8) is 0 Å². The highest BCUT2D eigenvalue weighted by Crippen LogP contribution is 2.51. The number of nitrogens with zero attached hydrogens (tertiary/aromatic N) is 2. The first-order chi connectivity index (χ1) is 12.3. The van der Waals surface area contributed by atoms with E-state index in [1.807, 2.05) is 6.20 Å². The van der Waals surface area contributed by atoms with Crippen molar-refractivity contribution in [1.29, 1.82) is 0 Å². The maximum absolute atomic E-state index is 4.57. The van der Waals surface area contributed by atoms with Gasteiger partial charge in [-0.1, -0.05) is 60.7 Å². The summed E-state index contributed by atoms with van der Waals surface area (Å²) in [5.41, 5.74) is 3.91. The number of para-hydroxylation sites is 1. The average Bonchev–Trinajstić information content (AvgIpc) is 3.29. The number of rotatable bonds is 3. The molecule has 0 unspecified atom stereocenters. The first-order valence-electron chi connectivity index (χ1n) is 9.17. The third-order valence-electron chi connectivity index (χ3n) is 5.93. The fraction of sp³-hybridized carbons (Fsp3) is 0.261. The first kappa shape index (κ1) is 14.9. The molecule has 0 spiro atoms. The molecule has 5 rings (SSSR count). The van der Waals surface area contributed by atoms with Crippen LogP contribution >= 0.6 is 0 Å². The van der Waals surface area contributed by atoms with Crippen LogP contribution in [-0.4, -0.2) is 15.9 Å². The Morgan fingerprint density at radius 3 is 2.64 bits per heavy atom. The molecular weight excluding hydrogens is 304 g/mol. The summed E-state index contributed by atoms with van der Waals surface area (Å²) in [6.45, 7) is 2.35. The largest absolute Gasteiger partial charge is 0.283 e. The minimum Gasteiger partial charge on any atom is -0.283 e. The zero-order valence-corrected chi connectivity index (χ0v) is 14.4. The van der Waals surface area contributed by atoms with Crippen LogP contribution in [-0.2, 0) is 0 Å². The molecule has 2 heterocycles. The van der Waals surface area contributed by atoms with E-state index in [0.29, 0.717) is 24.0 Å². The molecule has 2 heteroatoms. The molecule has 2 aromatic carbocycles. The summed E-state index contributed by atoms with van der Waals surface area (Å²) in [5, 5.41) is 1.29. The lowest BCUT2D eigenvalue weighted by atomic mass is 9.90. The first-order valence-corrected chi connectivity index (χ1v) is 9.17. The quantitative estimate of drug-likeness (QED) is 0.607. The van der Waals surface area contributed by atoms with Crippen molar-refractivity contribution in [3.8, 4) is 0 Å². The normalized spacial score (nSPS) is 26.4. The van der Waals surface area contributed by atoms with Crippen molar-refractivity contribution in [2.45, 2.75) is 31.5 Å². The number of pyridine rings is 1. The highest BCUT2D eigenvalue weighted by molar-refractivity contribution is 5.82. The van der Waals surface area contributed by atoms with Gasteiger partial charge in [0.15, 0.2) is 0 Å². The molecule has 25 heavy (non-hydrogen) atoms. The molecule has 4 atom stereocenters. The summed E-state index contributed by atoms with van der Waals surface area (Å²) in [4.78, 5) is 7.28. The highest BCUT2D eigenvalue weighted by Gasteiger charge is 2.45. The van der Waals surface area contributed by atoms with Gasteiger partial charge in [-0.25, -0.2) is 0 Å². The summed E-state index contributed by atoms with van der Waals surface area (Å²) in [5.74, 6) is 0.599. The molecule has 3 aromatic rings. The van der Waals surface area contributed by atoms with Crippen molar-refractivity contribution in [2.24, 2.45) is 5.92 Å². The number of hydrogen-bond donors (Lipinski definition) is 0. The average molecular weight is 326 g/mol. The van der Waals surface area contributed by atoms with Gasteiger partial charge < -0.3 is 0 Å². The highest BCUT2D eigenvalue weighted by atomic mass is 15.2. The van der Waals surface area contributed by atoms with E-state index in [9.17, 15) is 0 Å². The Kier molecular flexibility index (Phi) is 3.46. The van der Waals surface area contributed by atoms with Crippen LogP contribution in [0.2, 0.25) is 0 Å². The second kappa shape index (κ2) is 5.82. The molecule has 1 aromatic heterocycles. The number of likely N-dealkylation sites (tertiary alicyclic amines) is 1. The summed E-state index contributed by atoms with van der Waals surface area (Å²) in [7, 11) is 0. The third-order valence-corrected chi connectivity index (χ3v) is 5.93. The van der Waals surface area contributed by atoms with Crippen LogP contribution in [0.25, 0.3) is 10.9 Å². The van der Waals surface area contributed by atoms with Gasteiger partial charge in [0, 0.05) is 29.7 Å². The fourth-order valence-corrected chi connectivity index (χ4v) is 4.79. The van der Waals surface area contributed by atoms with Crippen molar-refractivity contribution < 1.29 is 0 Å². The van der Waals surface area contributed by atoms with Crippen LogP contribution in [0.3, 0.4) is 0 Å². The molecule has 0 saturated carbocycles. The van der Waals surface area contributed by atoms with E-state index >= 15 is 0 Å². The fourth-order valence-electron chi connectivity index (χ4n) is 4.79. The van der Waals surface area contributed by atoms with Gasteiger partial charge in [-0.15, -0.1) is 0 Å². The Bertz CT molecular complexity index is 926. The third kappa shape index (κ3) is 2.32. The number of benzene rings is 2. The van der Waals surface area contributed by atoms with Crippen molar-refractivity contribution in [1.82, 2.24) is 9.88 Å². The van der Waals surface area contributed by atoms with E-state index in [-0.39, 0.29) is 0 Å². The lowest BCUT2D eigenvalue weighted by molar-refractivity contribution is 0.146. The molecule has 2 nitrogen and oxygen atoms in total. The maximum Gasteiger partial charge on any atom is 0.0705 e.